The Bertz CT molecular complexity index is 445. The van der Waals surface area contributed by atoms with Gasteiger partial charge in [0.25, 0.3) is 0 Å². The summed E-state index contributed by atoms with van der Waals surface area (Å²) in [7, 11) is 1.38. The first kappa shape index (κ1) is 15.5. The Hall–Kier alpha value is -1.55. The van der Waals surface area contributed by atoms with Crippen LogP contribution in [0.4, 0.5) is 0 Å². The Kier molecular flexibility index (Phi) is 5.36. The van der Waals surface area contributed by atoms with Gasteiger partial charge in [-0.15, -0.1) is 0 Å². The fraction of sp³-hybridized carbons (Fsp3) is 0.533. The lowest BCUT2D eigenvalue weighted by Gasteiger charge is -2.27. The van der Waals surface area contributed by atoms with Crippen molar-refractivity contribution < 1.29 is 14.3 Å². The van der Waals surface area contributed by atoms with Gasteiger partial charge in [-0.1, -0.05) is 19.1 Å². The van der Waals surface area contributed by atoms with Crippen LogP contribution in [0.15, 0.2) is 18.2 Å². The smallest absolute Gasteiger partial charge is 0.329 e. The van der Waals surface area contributed by atoms with Crippen molar-refractivity contribution in [1.82, 2.24) is 5.32 Å². The number of methoxy groups -OCH3 is 1. The number of likely N-dealkylation sites (N-methyl/N-ethyl adjacent to an activating group) is 1. The summed E-state index contributed by atoms with van der Waals surface area (Å²) < 4.78 is 10.6. The van der Waals surface area contributed by atoms with Crippen LogP contribution in [0.25, 0.3) is 0 Å². The summed E-state index contributed by atoms with van der Waals surface area (Å²) in [6.45, 7) is 8.62. The Labute approximate surface area is 115 Å². The second-order valence-corrected chi connectivity index (χ2v) is 4.91. The van der Waals surface area contributed by atoms with E-state index < -0.39 is 5.54 Å². The zero-order valence-electron chi connectivity index (χ0n) is 12.4. The molecule has 4 heteroatoms. The van der Waals surface area contributed by atoms with Crippen LogP contribution in [0.2, 0.25) is 0 Å². The van der Waals surface area contributed by atoms with Crippen LogP contribution in [0, 0.1) is 13.8 Å². The second-order valence-electron chi connectivity index (χ2n) is 4.91. The number of hydrogen-bond donors (Lipinski definition) is 1. The molecule has 0 bridgehead atoms. The largest absolute Gasteiger partial charge is 0.491 e. The van der Waals surface area contributed by atoms with Crippen molar-refractivity contribution in [3.05, 3.63) is 29.3 Å². The molecule has 1 N–H and O–H groups in total. The lowest BCUT2D eigenvalue weighted by atomic mass is 10.0. The molecule has 0 aliphatic heterocycles. The van der Waals surface area contributed by atoms with Gasteiger partial charge in [-0.05, 0) is 44.5 Å². The number of ether oxygens (including phenoxy) is 2. The third-order valence-electron chi connectivity index (χ3n) is 3.06. The molecular weight excluding hydrogens is 242 g/mol. The predicted molar refractivity (Wildman–Crippen MR) is 75.5 cm³/mol. The number of rotatable bonds is 6. The highest BCUT2D eigenvalue weighted by Crippen LogP contribution is 2.20. The number of esters is 1. The molecule has 1 atom stereocenters. The molecular formula is C15H23NO3. The van der Waals surface area contributed by atoms with Crippen molar-refractivity contribution >= 4 is 5.97 Å². The Morgan fingerprint density at radius 2 is 2.05 bits per heavy atom. The molecule has 19 heavy (non-hydrogen) atoms. The topological polar surface area (TPSA) is 47.6 Å². The first-order chi connectivity index (χ1) is 8.92. The molecule has 0 fully saturated rings. The van der Waals surface area contributed by atoms with Gasteiger partial charge in [0.15, 0.2) is 0 Å². The van der Waals surface area contributed by atoms with Gasteiger partial charge in [-0.25, -0.2) is 4.79 Å². The van der Waals surface area contributed by atoms with E-state index >= 15 is 0 Å². The molecule has 1 aromatic rings. The van der Waals surface area contributed by atoms with Gasteiger partial charge in [-0.2, -0.15) is 0 Å². The van der Waals surface area contributed by atoms with E-state index in [2.05, 4.69) is 5.32 Å². The lowest BCUT2D eigenvalue weighted by Crippen LogP contribution is -2.54. The molecule has 0 radical (unpaired) electrons. The van der Waals surface area contributed by atoms with Crippen molar-refractivity contribution in [3.8, 4) is 5.75 Å². The van der Waals surface area contributed by atoms with Gasteiger partial charge < -0.3 is 9.47 Å². The predicted octanol–water partition coefficient (Wildman–Crippen LogP) is 2.22. The molecule has 0 amide bonds. The van der Waals surface area contributed by atoms with Crippen LogP contribution >= 0.6 is 0 Å². The average molecular weight is 265 g/mol. The van der Waals surface area contributed by atoms with Gasteiger partial charge >= 0.3 is 5.97 Å². The van der Waals surface area contributed by atoms with E-state index in [1.54, 1.807) is 6.92 Å². The third-order valence-corrected chi connectivity index (χ3v) is 3.06. The molecule has 0 aromatic heterocycles. The van der Waals surface area contributed by atoms with Crippen molar-refractivity contribution in [2.45, 2.75) is 33.2 Å². The van der Waals surface area contributed by atoms with E-state index in [0.717, 1.165) is 16.9 Å². The van der Waals surface area contributed by atoms with Crippen LogP contribution in [-0.2, 0) is 9.53 Å². The fourth-order valence-electron chi connectivity index (χ4n) is 1.88. The first-order valence-corrected chi connectivity index (χ1v) is 6.46. The number of carbonyl (C=O) groups excluding carboxylic acids is 1. The monoisotopic (exact) mass is 265 g/mol. The summed E-state index contributed by atoms with van der Waals surface area (Å²) in [6, 6.07) is 6.01. The van der Waals surface area contributed by atoms with Gasteiger partial charge in [0.1, 0.15) is 17.9 Å². The molecule has 1 aromatic carbocycles. The lowest BCUT2D eigenvalue weighted by molar-refractivity contribution is -0.149. The Morgan fingerprint density at radius 1 is 1.37 bits per heavy atom. The summed E-state index contributed by atoms with van der Waals surface area (Å²) in [5.41, 5.74) is 1.35. The maximum absolute atomic E-state index is 11.8. The summed E-state index contributed by atoms with van der Waals surface area (Å²) >= 11 is 0. The SMILES string of the molecule is CCNC(C)(COc1cc(C)ccc1C)C(=O)OC. The van der Waals surface area contributed by atoms with Crippen molar-refractivity contribution in [2.75, 3.05) is 20.3 Å². The molecule has 0 saturated heterocycles. The molecule has 0 spiro atoms. The van der Waals surface area contributed by atoms with E-state index in [-0.39, 0.29) is 12.6 Å². The molecule has 106 valence electrons. The zero-order chi connectivity index (χ0) is 14.5. The minimum Gasteiger partial charge on any atom is -0.491 e. The quantitative estimate of drug-likeness (QED) is 0.801. The molecule has 0 saturated carbocycles. The van der Waals surface area contributed by atoms with Crippen molar-refractivity contribution in [2.24, 2.45) is 0 Å². The standard InChI is InChI=1S/C15H23NO3/c1-6-16-15(4,14(17)18-5)10-19-13-9-11(2)7-8-12(13)3/h7-9,16H,6,10H2,1-5H3. The maximum Gasteiger partial charge on any atom is 0.329 e. The van der Waals surface area contributed by atoms with Crippen molar-refractivity contribution in [3.63, 3.8) is 0 Å². The van der Waals surface area contributed by atoms with Crippen LogP contribution < -0.4 is 10.1 Å². The molecule has 0 heterocycles. The second kappa shape index (κ2) is 6.57. The highest BCUT2D eigenvalue weighted by atomic mass is 16.5. The average Bonchev–Trinajstić information content (AvgIpc) is 2.39. The third kappa shape index (κ3) is 3.96. The highest BCUT2D eigenvalue weighted by Gasteiger charge is 2.34. The van der Waals surface area contributed by atoms with Crippen LogP contribution in [0.3, 0.4) is 0 Å². The normalized spacial score (nSPS) is 13.7. The highest BCUT2D eigenvalue weighted by molar-refractivity contribution is 5.80. The van der Waals surface area contributed by atoms with E-state index in [0.29, 0.717) is 6.54 Å². The Balaban J connectivity index is 2.81. The number of nitrogens with one attached hydrogen (secondary N) is 1. The Morgan fingerprint density at radius 3 is 2.63 bits per heavy atom. The van der Waals surface area contributed by atoms with Gasteiger partial charge in [0.05, 0.1) is 7.11 Å². The van der Waals surface area contributed by atoms with Crippen LogP contribution in [0.1, 0.15) is 25.0 Å². The number of carbonyl (C=O) groups is 1. The number of hydrogen-bond acceptors (Lipinski definition) is 4. The number of benzene rings is 1. The summed E-state index contributed by atoms with van der Waals surface area (Å²) in [5, 5.41) is 3.11. The summed E-state index contributed by atoms with van der Waals surface area (Å²) in [5.74, 6) is 0.479. The van der Waals surface area contributed by atoms with E-state index in [9.17, 15) is 4.79 Å². The molecule has 1 unspecified atom stereocenters. The number of aryl methyl sites for hydroxylation is 2. The molecule has 4 nitrogen and oxygen atoms in total. The zero-order valence-corrected chi connectivity index (χ0v) is 12.4. The summed E-state index contributed by atoms with van der Waals surface area (Å²) in [6.07, 6.45) is 0. The summed E-state index contributed by atoms with van der Waals surface area (Å²) in [4.78, 5) is 11.8. The minimum atomic E-state index is -0.834. The molecule has 0 aliphatic carbocycles. The van der Waals surface area contributed by atoms with Crippen LogP contribution in [-0.4, -0.2) is 31.8 Å². The van der Waals surface area contributed by atoms with Gasteiger partial charge in [0, 0.05) is 0 Å². The first-order valence-electron chi connectivity index (χ1n) is 6.46. The maximum atomic E-state index is 11.8. The van der Waals surface area contributed by atoms with Crippen molar-refractivity contribution in [1.29, 1.82) is 0 Å². The molecule has 1 rings (SSSR count). The minimum absolute atomic E-state index is 0.234. The van der Waals surface area contributed by atoms with Gasteiger partial charge in [0.2, 0.25) is 0 Å². The van der Waals surface area contributed by atoms with Crippen LogP contribution in [0.5, 0.6) is 5.75 Å². The van der Waals surface area contributed by atoms with E-state index in [4.69, 9.17) is 9.47 Å². The van der Waals surface area contributed by atoms with Gasteiger partial charge in [-0.3, -0.25) is 5.32 Å². The fourth-order valence-corrected chi connectivity index (χ4v) is 1.88. The van der Waals surface area contributed by atoms with E-state index in [1.807, 2.05) is 39.0 Å². The van der Waals surface area contributed by atoms with E-state index in [1.165, 1.54) is 7.11 Å². The molecule has 0 aliphatic rings.